The van der Waals surface area contributed by atoms with Gasteiger partial charge in [-0.1, -0.05) is 29.3 Å². The van der Waals surface area contributed by atoms with E-state index in [0.29, 0.717) is 25.8 Å². The maximum atomic E-state index is 12.0. The van der Waals surface area contributed by atoms with Crippen molar-refractivity contribution in [3.05, 3.63) is 57.2 Å². The number of nitrogens with one attached hydrogen (secondary N) is 1. The number of benzene rings is 1. The summed E-state index contributed by atoms with van der Waals surface area (Å²) in [6.45, 7) is 0. The second-order valence-electron chi connectivity index (χ2n) is 4.60. The second kappa shape index (κ2) is 6.20. The van der Waals surface area contributed by atoms with Crippen LogP contribution >= 0.6 is 35.0 Å². The zero-order valence-corrected chi connectivity index (χ0v) is 13.8. The van der Waals surface area contributed by atoms with Gasteiger partial charge in [0.25, 0.3) is 5.91 Å². The molecule has 1 aromatic carbocycles. The van der Waals surface area contributed by atoms with Crippen molar-refractivity contribution in [2.75, 3.05) is 0 Å². The van der Waals surface area contributed by atoms with Gasteiger partial charge in [0.15, 0.2) is 5.17 Å². The smallest absolute Gasteiger partial charge is 0.264 e. The van der Waals surface area contributed by atoms with E-state index in [1.54, 1.807) is 18.2 Å². The molecule has 1 saturated heterocycles. The number of aromatic nitrogens is 1. The van der Waals surface area contributed by atoms with Crippen LogP contribution in [0.1, 0.15) is 5.69 Å². The van der Waals surface area contributed by atoms with Crippen molar-refractivity contribution >= 4 is 57.8 Å². The molecule has 0 unspecified atom stereocenters. The van der Waals surface area contributed by atoms with Gasteiger partial charge in [-0.15, -0.1) is 0 Å². The lowest BCUT2D eigenvalue weighted by Crippen LogP contribution is -2.19. The first-order chi connectivity index (χ1) is 10.5. The van der Waals surface area contributed by atoms with Crippen molar-refractivity contribution in [3.8, 4) is 0 Å². The summed E-state index contributed by atoms with van der Waals surface area (Å²) in [7, 11) is 1.92. The molecule has 22 heavy (non-hydrogen) atoms. The number of amidine groups is 1. The van der Waals surface area contributed by atoms with Crippen LogP contribution in [0.3, 0.4) is 0 Å². The SMILES string of the molecule is Cn1cccc1C=C1SC(=Nc2cccc(Cl)c2Cl)NC1=O. The third-order valence-corrected chi connectivity index (χ3v) is 4.79. The van der Waals surface area contributed by atoms with Crippen molar-refractivity contribution in [2.24, 2.45) is 12.0 Å². The van der Waals surface area contributed by atoms with Gasteiger partial charge < -0.3 is 9.88 Å². The molecule has 1 aromatic heterocycles. The van der Waals surface area contributed by atoms with Gasteiger partial charge in [0.2, 0.25) is 0 Å². The Labute approximate surface area is 141 Å². The van der Waals surface area contributed by atoms with Crippen molar-refractivity contribution in [1.82, 2.24) is 9.88 Å². The predicted octanol–water partition coefficient (Wildman–Crippen LogP) is 4.22. The third-order valence-electron chi connectivity index (χ3n) is 3.07. The average molecular weight is 352 g/mol. The van der Waals surface area contributed by atoms with Gasteiger partial charge in [0.05, 0.1) is 20.6 Å². The van der Waals surface area contributed by atoms with E-state index >= 15 is 0 Å². The van der Waals surface area contributed by atoms with Crippen molar-refractivity contribution in [1.29, 1.82) is 0 Å². The van der Waals surface area contributed by atoms with Crippen LogP contribution in [0, 0.1) is 0 Å². The summed E-state index contributed by atoms with van der Waals surface area (Å²) in [6.07, 6.45) is 3.74. The summed E-state index contributed by atoms with van der Waals surface area (Å²) < 4.78 is 1.93. The highest BCUT2D eigenvalue weighted by Gasteiger charge is 2.24. The van der Waals surface area contributed by atoms with Crippen LogP contribution in [0.15, 0.2) is 46.4 Å². The molecule has 2 heterocycles. The molecule has 1 aliphatic rings. The van der Waals surface area contributed by atoms with Crippen LogP contribution in [0.2, 0.25) is 10.0 Å². The molecule has 1 amide bonds. The fourth-order valence-corrected chi connectivity index (χ4v) is 3.08. The summed E-state index contributed by atoms with van der Waals surface area (Å²) in [5.74, 6) is -0.178. The molecule has 0 aliphatic carbocycles. The van der Waals surface area contributed by atoms with E-state index in [-0.39, 0.29) is 5.91 Å². The Balaban J connectivity index is 1.89. The van der Waals surface area contributed by atoms with Crippen molar-refractivity contribution < 1.29 is 4.79 Å². The molecule has 1 fully saturated rings. The van der Waals surface area contributed by atoms with Gasteiger partial charge in [-0.25, -0.2) is 4.99 Å². The molecule has 4 nitrogen and oxygen atoms in total. The number of hydrogen-bond donors (Lipinski definition) is 1. The second-order valence-corrected chi connectivity index (χ2v) is 6.41. The van der Waals surface area contributed by atoms with Gasteiger partial charge >= 0.3 is 0 Å². The number of rotatable bonds is 2. The zero-order chi connectivity index (χ0) is 15.7. The Morgan fingerprint density at radius 1 is 1.27 bits per heavy atom. The number of amides is 1. The summed E-state index contributed by atoms with van der Waals surface area (Å²) in [4.78, 5) is 17.0. The van der Waals surface area contributed by atoms with Gasteiger partial charge in [-0.3, -0.25) is 4.79 Å². The Morgan fingerprint density at radius 2 is 2.09 bits per heavy atom. The molecule has 0 saturated carbocycles. The van der Waals surface area contributed by atoms with Crippen LogP contribution in [-0.4, -0.2) is 15.6 Å². The minimum atomic E-state index is -0.178. The lowest BCUT2D eigenvalue weighted by Gasteiger charge is -2.00. The van der Waals surface area contributed by atoms with Crippen LogP contribution < -0.4 is 5.32 Å². The lowest BCUT2D eigenvalue weighted by molar-refractivity contribution is -0.115. The van der Waals surface area contributed by atoms with Crippen LogP contribution in [0.25, 0.3) is 6.08 Å². The predicted molar refractivity (Wildman–Crippen MR) is 92.7 cm³/mol. The van der Waals surface area contributed by atoms with Gasteiger partial charge in [0, 0.05) is 18.9 Å². The number of carbonyl (C=O) groups is 1. The molecule has 7 heteroatoms. The van der Waals surface area contributed by atoms with Gasteiger partial charge in [0.1, 0.15) is 0 Å². The van der Waals surface area contributed by atoms with Crippen LogP contribution in [0.4, 0.5) is 5.69 Å². The zero-order valence-electron chi connectivity index (χ0n) is 11.5. The highest BCUT2D eigenvalue weighted by molar-refractivity contribution is 8.18. The number of thioether (sulfide) groups is 1. The Kier molecular flexibility index (Phi) is 4.29. The van der Waals surface area contributed by atoms with E-state index in [0.717, 1.165) is 5.69 Å². The molecule has 1 N–H and O–H groups in total. The van der Waals surface area contributed by atoms with Crippen LogP contribution in [-0.2, 0) is 11.8 Å². The Bertz CT molecular complexity index is 811. The summed E-state index contributed by atoms with van der Waals surface area (Å²) >= 11 is 13.3. The van der Waals surface area contributed by atoms with E-state index in [2.05, 4.69) is 10.3 Å². The van der Waals surface area contributed by atoms with Gasteiger partial charge in [-0.05, 0) is 42.1 Å². The Hall–Kier alpha value is -1.69. The standard InChI is InChI=1S/C15H11Cl2N3OS/c1-20-7-3-4-9(20)8-12-14(21)19-15(22-12)18-11-6-2-5-10(16)13(11)17/h2-8H,1H3,(H,18,19,21). The Morgan fingerprint density at radius 3 is 2.82 bits per heavy atom. The number of hydrogen-bond acceptors (Lipinski definition) is 3. The molecule has 0 bridgehead atoms. The fraction of sp³-hybridized carbons (Fsp3) is 0.0667. The maximum Gasteiger partial charge on any atom is 0.264 e. The topological polar surface area (TPSA) is 46.4 Å². The summed E-state index contributed by atoms with van der Waals surface area (Å²) in [5.41, 5.74) is 1.47. The van der Waals surface area contributed by atoms with E-state index in [4.69, 9.17) is 23.2 Å². The normalized spacial score (nSPS) is 18.2. The quantitative estimate of drug-likeness (QED) is 0.823. The average Bonchev–Trinajstić information content (AvgIpc) is 3.03. The van der Waals surface area contributed by atoms with E-state index in [9.17, 15) is 4.79 Å². The molecule has 0 spiro atoms. The molecule has 112 valence electrons. The highest BCUT2D eigenvalue weighted by Crippen LogP contribution is 2.34. The number of aryl methyl sites for hydroxylation is 1. The maximum absolute atomic E-state index is 12.0. The first kappa shape index (κ1) is 15.2. The minimum Gasteiger partial charge on any atom is -0.351 e. The molecule has 0 radical (unpaired) electrons. The van der Waals surface area contributed by atoms with Crippen molar-refractivity contribution in [3.63, 3.8) is 0 Å². The lowest BCUT2D eigenvalue weighted by atomic mass is 10.3. The molecule has 2 aromatic rings. The van der Waals surface area contributed by atoms with Crippen LogP contribution in [0.5, 0.6) is 0 Å². The fourth-order valence-electron chi connectivity index (χ4n) is 1.93. The minimum absolute atomic E-state index is 0.178. The van der Waals surface area contributed by atoms with Gasteiger partial charge in [-0.2, -0.15) is 0 Å². The van der Waals surface area contributed by atoms with E-state index < -0.39 is 0 Å². The summed E-state index contributed by atoms with van der Waals surface area (Å²) in [5, 5.41) is 4.00. The first-order valence-corrected chi connectivity index (χ1v) is 7.97. The number of nitrogens with zero attached hydrogens (tertiary/aromatic N) is 2. The largest absolute Gasteiger partial charge is 0.351 e. The summed E-state index contributed by atoms with van der Waals surface area (Å²) in [6, 6.07) is 9.05. The van der Waals surface area contributed by atoms with Crippen molar-refractivity contribution in [2.45, 2.75) is 0 Å². The molecular formula is C15H11Cl2N3OS. The third kappa shape index (κ3) is 3.06. The number of carbonyl (C=O) groups excluding carboxylic acids is 1. The monoisotopic (exact) mass is 351 g/mol. The molecule has 1 aliphatic heterocycles. The van der Waals surface area contributed by atoms with E-state index in [1.165, 1.54) is 11.8 Å². The highest BCUT2D eigenvalue weighted by atomic mass is 35.5. The molecule has 0 atom stereocenters. The number of aliphatic imine (C=N–C) groups is 1. The first-order valence-electron chi connectivity index (χ1n) is 6.39. The van der Waals surface area contributed by atoms with E-state index in [1.807, 2.05) is 36.0 Å². The molecule has 3 rings (SSSR count). The molecular weight excluding hydrogens is 341 g/mol. The number of halogens is 2.